The Bertz CT molecular complexity index is 410. The van der Waals surface area contributed by atoms with E-state index in [4.69, 9.17) is 5.11 Å². The Hall–Kier alpha value is -1.83. The summed E-state index contributed by atoms with van der Waals surface area (Å²) in [7, 11) is 0. The number of hydrogen-bond acceptors (Lipinski definition) is 1. The highest BCUT2D eigenvalue weighted by Gasteiger charge is 2.05. The Labute approximate surface area is 109 Å². The van der Waals surface area contributed by atoms with E-state index in [0.717, 1.165) is 0 Å². The summed E-state index contributed by atoms with van der Waals surface area (Å²) in [6.45, 7) is 4.60. The van der Waals surface area contributed by atoms with E-state index in [9.17, 15) is 4.79 Å². The third-order valence-electron chi connectivity index (χ3n) is 2.78. The lowest BCUT2D eigenvalue weighted by atomic mass is 10.1. The van der Waals surface area contributed by atoms with Crippen molar-refractivity contribution in [3.05, 3.63) is 53.6 Å². The number of carbonyl (C=O) groups is 1. The van der Waals surface area contributed by atoms with Crippen molar-refractivity contribution >= 4 is 12.0 Å². The van der Waals surface area contributed by atoms with Gasteiger partial charge in [0.15, 0.2) is 0 Å². The first kappa shape index (κ1) is 14.2. The molecule has 1 saturated carbocycles. The lowest BCUT2D eigenvalue weighted by Crippen LogP contribution is -1.92. The molecule has 0 aromatic heterocycles. The van der Waals surface area contributed by atoms with E-state index in [1.54, 1.807) is 5.57 Å². The van der Waals surface area contributed by atoms with Gasteiger partial charge in [0.05, 0.1) is 0 Å². The second-order valence-electron chi connectivity index (χ2n) is 4.51. The van der Waals surface area contributed by atoms with Gasteiger partial charge in [0.2, 0.25) is 0 Å². The molecule has 0 heterocycles. The van der Waals surface area contributed by atoms with Crippen molar-refractivity contribution in [2.75, 3.05) is 0 Å². The van der Waals surface area contributed by atoms with Crippen LogP contribution in [0.5, 0.6) is 0 Å². The molecule has 1 aliphatic carbocycles. The van der Waals surface area contributed by atoms with E-state index in [1.807, 2.05) is 0 Å². The largest absolute Gasteiger partial charge is 0.478 e. The molecular weight excluding hydrogens is 224 g/mol. The normalized spacial score (nSPS) is 13.5. The minimum Gasteiger partial charge on any atom is -0.478 e. The van der Waals surface area contributed by atoms with Crippen LogP contribution >= 0.6 is 0 Å². The summed E-state index contributed by atoms with van der Waals surface area (Å²) in [4.78, 5) is 9.60. The van der Waals surface area contributed by atoms with Crippen molar-refractivity contribution in [2.45, 2.75) is 32.6 Å². The molecule has 96 valence electrons. The number of allylic oxidation sites excluding steroid dienone is 1. The van der Waals surface area contributed by atoms with Gasteiger partial charge in [-0.3, -0.25) is 0 Å². The van der Waals surface area contributed by atoms with Crippen molar-refractivity contribution in [1.82, 2.24) is 0 Å². The van der Waals surface area contributed by atoms with Gasteiger partial charge >= 0.3 is 5.97 Å². The van der Waals surface area contributed by atoms with Gasteiger partial charge in [0, 0.05) is 5.57 Å². The molecule has 1 aromatic rings. The van der Waals surface area contributed by atoms with Gasteiger partial charge in [-0.2, -0.15) is 0 Å². The van der Waals surface area contributed by atoms with Gasteiger partial charge in [-0.05, 0) is 38.2 Å². The van der Waals surface area contributed by atoms with E-state index in [2.05, 4.69) is 43.0 Å². The van der Waals surface area contributed by atoms with Crippen LogP contribution in [0.2, 0.25) is 0 Å². The Morgan fingerprint density at radius 3 is 2.17 bits per heavy atom. The maximum Gasteiger partial charge on any atom is 0.330 e. The molecule has 0 spiro atoms. The summed E-state index contributed by atoms with van der Waals surface area (Å²) in [6.07, 6.45) is 7.74. The van der Waals surface area contributed by atoms with Crippen LogP contribution in [0.3, 0.4) is 0 Å². The molecule has 2 heteroatoms. The zero-order chi connectivity index (χ0) is 13.4. The van der Waals surface area contributed by atoms with Crippen LogP contribution < -0.4 is 0 Å². The van der Waals surface area contributed by atoms with E-state index >= 15 is 0 Å². The highest BCUT2D eigenvalue weighted by atomic mass is 16.4. The fourth-order valence-corrected chi connectivity index (χ4v) is 1.76. The number of benzene rings is 1. The molecule has 0 bridgehead atoms. The Balaban J connectivity index is 0.000000232. The van der Waals surface area contributed by atoms with Gasteiger partial charge in [-0.1, -0.05) is 48.6 Å². The smallest absolute Gasteiger partial charge is 0.330 e. The first-order chi connectivity index (χ1) is 8.59. The van der Waals surface area contributed by atoms with Crippen molar-refractivity contribution in [2.24, 2.45) is 0 Å². The van der Waals surface area contributed by atoms with Crippen molar-refractivity contribution < 1.29 is 9.90 Å². The summed E-state index contributed by atoms with van der Waals surface area (Å²) >= 11 is 0. The first-order valence-corrected chi connectivity index (χ1v) is 6.23. The zero-order valence-corrected chi connectivity index (χ0v) is 10.9. The summed E-state index contributed by atoms with van der Waals surface area (Å²) in [5, 5.41) is 7.89. The fourth-order valence-electron chi connectivity index (χ4n) is 1.76. The molecule has 0 aliphatic heterocycles. The van der Waals surface area contributed by atoms with Crippen LogP contribution in [0.1, 0.15) is 38.2 Å². The second kappa shape index (κ2) is 7.49. The number of carboxylic acid groups (broad SMARTS) is 1. The molecule has 18 heavy (non-hydrogen) atoms. The van der Waals surface area contributed by atoms with Crippen molar-refractivity contribution in [1.29, 1.82) is 0 Å². The molecule has 0 radical (unpaired) electrons. The lowest BCUT2D eigenvalue weighted by molar-refractivity contribution is -0.132. The van der Waals surface area contributed by atoms with Crippen LogP contribution in [0, 0.1) is 0 Å². The van der Waals surface area contributed by atoms with Gasteiger partial charge in [0.25, 0.3) is 0 Å². The topological polar surface area (TPSA) is 37.3 Å². The van der Waals surface area contributed by atoms with E-state index in [-0.39, 0.29) is 5.57 Å². The number of carboxylic acids is 1. The Morgan fingerprint density at radius 1 is 1.22 bits per heavy atom. The quantitative estimate of drug-likeness (QED) is 0.788. The predicted octanol–water partition coefficient (Wildman–Crippen LogP) is 4.29. The highest BCUT2D eigenvalue weighted by molar-refractivity contribution is 5.84. The average molecular weight is 244 g/mol. The molecule has 1 fully saturated rings. The number of rotatable bonds is 2. The van der Waals surface area contributed by atoms with Crippen LogP contribution in [-0.2, 0) is 4.79 Å². The SMILES string of the molecule is C(=C1CCCC1)c1ccccc1.C=C(C)C(=O)O. The second-order valence-corrected chi connectivity index (χ2v) is 4.51. The molecule has 0 atom stereocenters. The van der Waals surface area contributed by atoms with Crippen LogP contribution in [-0.4, -0.2) is 11.1 Å². The molecule has 2 nitrogen and oxygen atoms in total. The summed E-state index contributed by atoms with van der Waals surface area (Å²) in [6, 6.07) is 10.6. The Morgan fingerprint density at radius 2 is 1.72 bits per heavy atom. The highest BCUT2D eigenvalue weighted by Crippen LogP contribution is 2.25. The molecule has 0 saturated heterocycles. The standard InChI is InChI=1S/C12H14.C4H6O2/c1-2-6-11(7-3-1)10-12-8-4-5-9-12;1-3(2)4(5)6/h1-3,6-7,10H,4-5,8-9H2;1H2,2H3,(H,5,6). The molecule has 2 rings (SSSR count). The number of hydrogen-bond donors (Lipinski definition) is 1. The van der Waals surface area contributed by atoms with E-state index < -0.39 is 5.97 Å². The van der Waals surface area contributed by atoms with Crippen LogP contribution in [0.4, 0.5) is 0 Å². The fraction of sp³-hybridized carbons (Fsp3) is 0.312. The van der Waals surface area contributed by atoms with Gasteiger partial charge in [-0.25, -0.2) is 4.79 Å². The van der Waals surface area contributed by atoms with E-state index in [0.29, 0.717) is 0 Å². The van der Waals surface area contributed by atoms with Crippen LogP contribution in [0.25, 0.3) is 6.08 Å². The first-order valence-electron chi connectivity index (χ1n) is 6.23. The van der Waals surface area contributed by atoms with E-state index in [1.165, 1.54) is 38.2 Å². The monoisotopic (exact) mass is 244 g/mol. The van der Waals surface area contributed by atoms with Gasteiger partial charge < -0.3 is 5.11 Å². The molecule has 1 N–H and O–H groups in total. The minimum absolute atomic E-state index is 0.176. The third kappa shape index (κ3) is 5.48. The van der Waals surface area contributed by atoms with Crippen LogP contribution in [0.15, 0.2) is 48.1 Å². The molecule has 1 aromatic carbocycles. The molecule has 1 aliphatic rings. The summed E-state index contributed by atoms with van der Waals surface area (Å²) in [5.74, 6) is -0.935. The zero-order valence-electron chi connectivity index (χ0n) is 10.9. The minimum atomic E-state index is -0.935. The van der Waals surface area contributed by atoms with Crippen molar-refractivity contribution in [3.63, 3.8) is 0 Å². The van der Waals surface area contributed by atoms with Gasteiger partial charge in [0.1, 0.15) is 0 Å². The number of aliphatic carboxylic acids is 1. The summed E-state index contributed by atoms with van der Waals surface area (Å²) in [5.41, 5.74) is 3.16. The Kier molecular flexibility index (Phi) is 5.92. The van der Waals surface area contributed by atoms with Gasteiger partial charge in [-0.15, -0.1) is 0 Å². The maximum absolute atomic E-state index is 9.60. The third-order valence-corrected chi connectivity index (χ3v) is 2.78. The molecule has 0 unspecified atom stereocenters. The molecular formula is C16H20O2. The average Bonchev–Trinajstić information content (AvgIpc) is 2.84. The lowest BCUT2D eigenvalue weighted by Gasteiger charge is -1.95. The molecule has 0 amide bonds. The predicted molar refractivity (Wildman–Crippen MR) is 75.3 cm³/mol. The maximum atomic E-state index is 9.60. The van der Waals surface area contributed by atoms with Crippen molar-refractivity contribution in [3.8, 4) is 0 Å². The summed E-state index contributed by atoms with van der Waals surface area (Å²) < 4.78 is 0.